The number of rotatable bonds is 3. The van der Waals surface area contributed by atoms with Gasteiger partial charge in [-0.3, -0.25) is 4.57 Å². The molecule has 1 aliphatic heterocycles. The molecule has 28 heavy (non-hydrogen) atoms. The Morgan fingerprint density at radius 1 is 1.25 bits per heavy atom. The van der Waals surface area contributed by atoms with E-state index in [4.69, 9.17) is 9.15 Å². The monoisotopic (exact) mass is 383 g/mol. The van der Waals surface area contributed by atoms with Gasteiger partial charge in [-0.1, -0.05) is 6.07 Å². The Hall–Kier alpha value is -3.26. The number of aliphatic hydroxyl groups is 1. The number of carbonyl (C=O) groups excluding carboxylic acids is 1. The molecule has 8 nitrogen and oxygen atoms in total. The van der Waals surface area contributed by atoms with Gasteiger partial charge in [0.15, 0.2) is 5.58 Å². The van der Waals surface area contributed by atoms with Gasteiger partial charge >= 0.3 is 11.8 Å². The fourth-order valence-electron chi connectivity index (χ4n) is 3.37. The van der Waals surface area contributed by atoms with Crippen molar-refractivity contribution in [1.29, 1.82) is 0 Å². The zero-order valence-electron chi connectivity index (χ0n) is 15.5. The lowest BCUT2D eigenvalue weighted by Crippen LogP contribution is -2.36. The van der Waals surface area contributed by atoms with Crippen LogP contribution in [0.4, 0.5) is 10.5 Å². The number of hydrogen-bond acceptors (Lipinski definition) is 5. The second-order valence-corrected chi connectivity index (χ2v) is 6.60. The van der Waals surface area contributed by atoms with Crippen LogP contribution < -0.4 is 15.8 Å². The van der Waals surface area contributed by atoms with Gasteiger partial charge in [0.25, 0.3) is 0 Å². The Kier molecular flexibility index (Phi) is 4.79. The third kappa shape index (κ3) is 3.34. The van der Waals surface area contributed by atoms with Gasteiger partial charge < -0.3 is 24.5 Å². The lowest BCUT2D eigenvalue weighted by molar-refractivity contribution is 0.200. The molecule has 0 fully saturated rings. The fraction of sp³-hybridized carbons (Fsp3) is 0.300. The molecular formula is C20H21N3O5. The summed E-state index contributed by atoms with van der Waals surface area (Å²) in [5, 5.41) is 12.2. The van der Waals surface area contributed by atoms with Gasteiger partial charge in [0.1, 0.15) is 12.4 Å². The Morgan fingerprint density at radius 2 is 2.11 bits per heavy atom. The Labute approximate surface area is 160 Å². The minimum atomic E-state index is -0.415. The highest BCUT2D eigenvalue weighted by Gasteiger charge is 2.20. The van der Waals surface area contributed by atoms with Crippen LogP contribution in [-0.2, 0) is 19.7 Å². The van der Waals surface area contributed by atoms with E-state index in [0.29, 0.717) is 43.0 Å². The highest BCUT2D eigenvalue weighted by atomic mass is 16.5. The number of nitrogens with one attached hydrogen (secondary N) is 1. The average molecular weight is 383 g/mol. The standard InChI is InChI=1S/C20H21N3O5/c1-2-23-16-5-4-15(10-18(16)28-20(23)26)21-19(25)22-7-8-27-17-6-3-13(12-24)9-14(17)11-22/h3-6,9-10,24H,2,7-8,11-12H2,1H3,(H,21,25). The van der Waals surface area contributed by atoms with E-state index in [1.807, 2.05) is 19.1 Å². The molecule has 2 heterocycles. The van der Waals surface area contributed by atoms with Crippen molar-refractivity contribution in [3.8, 4) is 5.75 Å². The van der Waals surface area contributed by atoms with E-state index in [2.05, 4.69) is 5.32 Å². The summed E-state index contributed by atoms with van der Waals surface area (Å²) in [4.78, 5) is 26.2. The summed E-state index contributed by atoms with van der Waals surface area (Å²) >= 11 is 0. The third-order valence-electron chi connectivity index (χ3n) is 4.81. The maximum absolute atomic E-state index is 12.8. The summed E-state index contributed by atoms with van der Waals surface area (Å²) in [6.07, 6.45) is 0. The van der Waals surface area contributed by atoms with Crippen LogP contribution in [0.15, 0.2) is 45.6 Å². The van der Waals surface area contributed by atoms with Crippen LogP contribution in [0.5, 0.6) is 5.75 Å². The quantitative estimate of drug-likeness (QED) is 0.724. The van der Waals surface area contributed by atoms with Crippen LogP contribution in [0.1, 0.15) is 18.1 Å². The van der Waals surface area contributed by atoms with Crippen molar-refractivity contribution in [3.05, 3.63) is 58.1 Å². The summed E-state index contributed by atoms with van der Waals surface area (Å²) in [7, 11) is 0. The van der Waals surface area contributed by atoms with Crippen LogP contribution in [0.25, 0.3) is 11.1 Å². The number of hydrogen-bond donors (Lipinski definition) is 2. The first kappa shape index (κ1) is 18.1. The number of carbonyl (C=O) groups is 1. The highest BCUT2D eigenvalue weighted by Crippen LogP contribution is 2.25. The molecule has 0 radical (unpaired) electrons. The van der Waals surface area contributed by atoms with Crippen molar-refractivity contribution in [2.45, 2.75) is 26.6 Å². The van der Waals surface area contributed by atoms with Crippen molar-refractivity contribution in [2.24, 2.45) is 0 Å². The first-order valence-electron chi connectivity index (χ1n) is 9.14. The number of anilines is 1. The lowest BCUT2D eigenvalue weighted by Gasteiger charge is -2.20. The first-order valence-corrected chi connectivity index (χ1v) is 9.14. The minimum absolute atomic E-state index is 0.0674. The van der Waals surface area contributed by atoms with Crippen LogP contribution in [0.3, 0.4) is 0 Å². The molecule has 2 aromatic carbocycles. The number of benzene rings is 2. The molecule has 0 saturated heterocycles. The highest BCUT2D eigenvalue weighted by molar-refractivity contribution is 5.91. The number of aliphatic hydroxyl groups excluding tert-OH is 1. The number of aryl methyl sites for hydroxylation is 1. The second kappa shape index (κ2) is 7.40. The molecule has 8 heteroatoms. The summed E-state index contributed by atoms with van der Waals surface area (Å²) in [6, 6.07) is 10.3. The van der Waals surface area contributed by atoms with E-state index in [-0.39, 0.29) is 12.6 Å². The molecule has 2 N–H and O–H groups in total. The summed E-state index contributed by atoms with van der Waals surface area (Å²) in [5.41, 5.74) is 3.29. The number of urea groups is 1. The SMILES string of the molecule is CCn1c(=O)oc2cc(NC(=O)N3CCOc4ccc(CO)cc4C3)ccc21. The fourth-order valence-corrected chi connectivity index (χ4v) is 3.37. The van der Waals surface area contributed by atoms with Crippen molar-refractivity contribution in [1.82, 2.24) is 9.47 Å². The Bertz CT molecular complexity index is 1090. The van der Waals surface area contributed by atoms with E-state index in [1.54, 1.807) is 29.2 Å². The molecule has 1 aliphatic rings. The number of amides is 2. The molecule has 0 bridgehead atoms. The van der Waals surface area contributed by atoms with E-state index >= 15 is 0 Å². The smallest absolute Gasteiger partial charge is 0.419 e. The van der Waals surface area contributed by atoms with Crippen LogP contribution in [0.2, 0.25) is 0 Å². The molecule has 0 atom stereocenters. The number of nitrogens with zero attached hydrogens (tertiary/aromatic N) is 2. The molecule has 0 spiro atoms. The lowest BCUT2D eigenvalue weighted by atomic mass is 10.1. The van der Waals surface area contributed by atoms with Crippen molar-refractivity contribution in [3.63, 3.8) is 0 Å². The van der Waals surface area contributed by atoms with Crippen LogP contribution in [0, 0.1) is 0 Å². The van der Waals surface area contributed by atoms with Gasteiger partial charge in [0, 0.05) is 23.9 Å². The molecule has 0 saturated carbocycles. The van der Waals surface area contributed by atoms with Gasteiger partial charge in [0.05, 0.1) is 25.2 Å². The van der Waals surface area contributed by atoms with E-state index in [1.165, 1.54) is 4.57 Å². The summed E-state index contributed by atoms with van der Waals surface area (Å²) in [5.74, 6) is 0.304. The van der Waals surface area contributed by atoms with E-state index in [9.17, 15) is 14.7 Å². The topological polar surface area (TPSA) is 96.9 Å². The predicted molar refractivity (Wildman–Crippen MR) is 103 cm³/mol. The molecule has 2 amide bonds. The number of oxazole rings is 1. The van der Waals surface area contributed by atoms with Crippen molar-refractivity contribution in [2.75, 3.05) is 18.5 Å². The van der Waals surface area contributed by atoms with Gasteiger partial charge in [-0.05, 0) is 36.8 Å². The van der Waals surface area contributed by atoms with E-state index < -0.39 is 5.76 Å². The summed E-state index contributed by atoms with van der Waals surface area (Å²) in [6.45, 7) is 3.50. The molecular weight excluding hydrogens is 362 g/mol. The average Bonchev–Trinajstić information content (AvgIpc) is 2.87. The van der Waals surface area contributed by atoms with Crippen LogP contribution >= 0.6 is 0 Å². The largest absolute Gasteiger partial charge is 0.491 e. The zero-order valence-corrected chi connectivity index (χ0v) is 15.5. The Morgan fingerprint density at radius 3 is 2.89 bits per heavy atom. The second-order valence-electron chi connectivity index (χ2n) is 6.60. The zero-order chi connectivity index (χ0) is 19.7. The molecule has 3 aromatic rings. The normalized spacial score (nSPS) is 13.7. The molecule has 0 aliphatic carbocycles. The number of fused-ring (bicyclic) bond motifs is 2. The molecule has 0 unspecified atom stereocenters. The van der Waals surface area contributed by atoms with Crippen molar-refractivity contribution < 1.29 is 19.1 Å². The maximum Gasteiger partial charge on any atom is 0.419 e. The van der Waals surface area contributed by atoms with E-state index in [0.717, 1.165) is 16.9 Å². The number of ether oxygens (including phenoxy) is 1. The van der Waals surface area contributed by atoms with Gasteiger partial charge in [-0.2, -0.15) is 0 Å². The molecule has 4 rings (SSSR count). The third-order valence-corrected chi connectivity index (χ3v) is 4.81. The number of aromatic nitrogens is 1. The van der Waals surface area contributed by atoms with Gasteiger partial charge in [0.2, 0.25) is 0 Å². The maximum atomic E-state index is 12.8. The van der Waals surface area contributed by atoms with Gasteiger partial charge in [-0.25, -0.2) is 9.59 Å². The van der Waals surface area contributed by atoms with Gasteiger partial charge in [-0.15, -0.1) is 0 Å². The first-order chi connectivity index (χ1) is 13.6. The summed E-state index contributed by atoms with van der Waals surface area (Å²) < 4.78 is 12.5. The van der Waals surface area contributed by atoms with Crippen LogP contribution in [-0.4, -0.2) is 33.8 Å². The van der Waals surface area contributed by atoms with Crippen molar-refractivity contribution >= 4 is 22.8 Å². The predicted octanol–water partition coefficient (Wildman–Crippen LogP) is 2.53. The minimum Gasteiger partial charge on any atom is -0.491 e. The molecule has 1 aromatic heterocycles. The molecule has 146 valence electrons. The Balaban J connectivity index is 1.54.